The summed E-state index contributed by atoms with van der Waals surface area (Å²) in [6.07, 6.45) is 35.8. The lowest BCUT2D eigenvalue weighted by molar-refractivity contribution is 0.521. The fourth-order valence-electron chi connectivity index (χ4n) is 4.47. The molecule has 11 aromatic rings. The van der Waals surface area contributed by atoms with Crippen molar-refractivity contribution < 1.29 is 13.3 Å². The zero-order chi connectivity index (χ0) is 80.0. The Morgan fingerprint density at radius 3 is 1.12 bits per heavy atom. The molecular weight excluding hydrogens is 1300 g/mol. The number of allylic oxidation sites excluding steroid dienone is 1. The van der Waals surface area contributed by atoms with Crippen molar-refractivity contribution in [2.24, 2.45) is 4.99 Å². The van der Waals surface area contributed by atoms with Gasteiger partial charge in [0.25, 0.3) is 0 Å². The molecule has 0 amide bonds. The van der Waals surface area contributed by atoms with Crippen molar-refractivity contribution in [3.05, 3.63) is 264 Å². The van der Waals surface area contributed by atoms with E-state index < -0.39 is 0 Å². The van der Waals surface area contributed by atoms with E-state index in [0.29, 0.717) is 0 Å². The fourth-order valence-corrected chi connectivity index (χ4v) is 5.55. The summed E-state index contributed by atoms with van der Waals surface area (Å²) in [4.78, 5) is 51.2. The van der Waals surface area contributed by atoms with Crippen LogP contribution in [-0.4, -0.2) is 81.3 Å². The number of nitrogens with zero attached hydrogens (tertiary/aromatic N) is 15. The molecule has 0 fully saturated rings. The average molecular weight is 1440 g/mol. The van der Waals surface area contributed by atoms with E-state index in [-0.39, 0.29) is 0 Å². The first-order valence-electron chi connectivity index (χ1n) is 35.4. The van der Waals surface area contributed by atoms with Crippen LogP contribution in [0.1, 0.15) is 227 Å². The number of aryl methyl sites for hydroxylation is 12. The van der Waals surface area contributed by atoms with Gasteiger partial charge in [-0.05, 0) is 177 Å². The molecule has 0 unspecified atom stereocenters. The second kappa shape index (κ2) is 107. The van der Waals surface area contributed by atoms with Gasteiger partial charge in [-0.1, -0.05) is 171 Å². The normalized spacial score (nSPS) is 8.13. The summed E-state index contributed by atoms with van der Waals surface area (Å²) in [6.45, 7) is 70.3. The highest BCUT2D eigenvalue weighted by molar-refractivity contribution is 7.05. The fraction of sp³-hybridized carbons (Fsp3) is 0.444. The Kier molecular flexibility index (Phi) is 123. The summed E-state index contributed by atoms with van der Waals surface area (Å²) >= 11 is 3.04. The van der Waals surface area contributed by atoms with Gasteiger partial charge in [0.15, 0.2) is 18.7 Å². The van der Waals surface area contributed by atoms with E-state index >= 15 is 0 Å². The number of hydrogen-bond donors (Lipinski definition) is 0. The molecule has 1 aliphatic rings. The van der Waals surface area contributed by atoms with Crippen molar-refractivity contribution >= 4 is 29.3 Å². The summed E-state index contributed by atoms with van der Waals surface area (Å²) in [5.74, 6) is 2.40. The summed E-state index contributed by atoms with van der Waals surface area (Å²) < 4.78 is 22.0. The molecule has 12 heterocycles. The Labute approximate surface area is 625 Å². The summed E-state index contributed by atoms with van der Waals surface area (Å²) in [5, 5.41) is 2.01. The Hall–Kier alpha value is -9.01. The molecule has 12 rings (SSSR count). The van der Waals surface area contributed by atoms with Crippen LogP contribution in [0.3, 0.4) is 0 Å². The molecule has 0 spiro atoms. The predicted molar refractivity (Wildman–Crippen MR) is 441 cm³/mol. The largest absolute Gasteiger partial charge is 0.452 e. The van der Waals surface area contributed by atoms with Gasteiger partial charge in [0, 0.05) is 109 Å². The van der Waals surface area contributed by atoms with Gasteiger partial charge < -0.3 is 13.3 Å². The van der Waals surface area contributed by atoms with Crippen molar-refractivity contribution in [1.82, 2.24) is 68.6 Å². The van der Waals surface area contributed by atoms with Gasteiger partial charge in [-0.3, -0.25) is 29.9 Å². The summed E-state index contributed by atoms with van der Waals surface area (Å²) in [6, 6.07) is 19.5. The molecule has 568 valence electrons. The Morgan fingerprint density at radius 1 is 0.376 bits per heavy atom. The van der Waals surface area contributed by atoms with E-state index in [1.165, 1.54) is 57.8 Å². The van der Waals surface area contributed by atoms with Gasteiger partial charge >= 0.3 is 0 Å². The first kappa shape index (κ1) is 116. The highest BCUT2D eigenvalue weighted by atomic mass is 32.1. The maximum atomic E-state index is 4.72. The van der Waals surface area contributed by atoms with Crippen LogP contribution >= 0.6 is 23.1 Å². The standard InChI is InChI=1S/3C6H7N.3C5H6N2.C5H7NS.C5H7N.3C4H5NO.C4H5NS.11C2H6/c1-6-2-4-7-5-3-6;1-6-3-2-4-7-5-6;1-6-4-2-3-5-7-6;1-5-4-6-2-3-7-5;1-5-2-3-6-4-7-5;1-5-6-3-2-4-7-5;1-4-3-5(2)7-6-4;1-5-2-3-6-4-5;1-4-2-6-3-5-4;1-4-2-5-3-6-4;1-4-5-2-3-6-4;1-4-2-5-6-3-4;11*1-2/h3*2-5H,1H3;3*2-4H,1H3;3H,1-2H3;2,4H,3H2,1H3;4*2-3H,1H3;11*1-2H3. The van der Waals surface area contributed by atoms with E-state index in [1.54, 1.807) is 111 Å². The molecule has 0 bridgehead atoms. The van der Waals surface area contributed by atoms with Crippen LogP contribution < -0.4 is 0 Å². The number of aromatic nitrogens is 14. The van der Waals surface area contributed by atoms with Crippen molar-refractivity contribution in [2.75, 3.05) is 6.54 Å². The summed E-state index contributed by atoms with van der Waals surface area (Å²) in [7, 11) is 0. The van der Waals surface area contributed by atoms with Gasteiger partial charge in [0.1, 0.15) is 30.4 Å². The number of pyridine rings is 3. The Morgan fingerprint density at radius 2 is 0.941 bits per heavy atom. The van der Waals surface area contributed by atoms with E-state index in [0.717, 1.165) is 52.5 Å². The van der Waals surface area contributed by atoms with Crippen LogP contribution in [0.25, 0.3) is 0 Å². The first-order valence-corrected chi connectivity index (χ1v) is 37.0. The quantitative estimate of drug-likeness (QED) is 0.137. The number of aliphatic imine (C=N–C) groups is 1. The molecule has 101 heavy (non-hydrogen) atoms. The number of rotatable bonds is 0. The van der Waals surface area contributed by atoms with Crippen molar-refractivity contribution in [3.8, 4) is 0 Å². The molecule has 0 aromatic carbocycles. The molecule has 0 radical (unpaired) electrons. The minimum atomic E-state index is 0.718. The molecule has 0 atom stereocenters. The molecule has 1 aliphatic heterocycles. The highest BCUT2D eigenvalue weighted by Crippen LogP contribution is 2.05. The lowest BCUT2D eigenvalue weighted by Gasteiger charge is -1.82. The van der Waals surface area contributed by atoms with Crippen molar-refractivity contribution in [3.63, 3.8) is 0 Å². The van der Waals surface area contributed by atoms with E-state index in [1.807, 2.05) is 294 Å². The minimum Gasteiger partial charge on any atom is -0.452 e. The number of oxazole rings is 3. The molecule has 18 nitrogen and oxygen atoms in total. The van der Waals surface area contributed by atoms with Crippen LogP contribution in [-0.2, 0) is 0 Å². The second-order valence-corrected chi connectivity index (χ2v) is 17.7. The molecule has 11 aromatic heterocycles. The van der Waals surface area contributed by atoms with Crippen molar-refractivity contribution in [1.29, 1.82) is 0 Å². The van der Waals surface area contributed by atoms with Crippen LogP contribution in [0.5, 0.6) is 0 Å². The maximum absolute atomic E-state index is 4.72. The molecule has 0 aliphatic carbocycles. The third-order valence-electron chi connectivity index (χ3n) is 8.37. The topological polar surface area (TPSA) is 232 Å². The van der Waals surface area contributed by atoms with Crippen LogP contribution in [0.15, 0.2) is 214 Å². The van der Waals surface area contributed by atoms with Crippen LogP contribution in [0.2, 0.25) is 0 Å². The van der Waals surface area contributed by atoms with Gasteiger partial charge in [-0.25, -0.2) is 39.3 Å². The van der Waals surface area contributed by atoms with Crippen LogP contribution in [0.4, 0.5) is 0 Å². The van der Waals surface area contributed by atoms with Gasteiger partial charge in [0.2, 0.25) is 0 Å². The number of hydrogen-bond acceptors (Lipinski definition) is 20. The molecule has 0 N–H and O–H groups in total. The Balaban J connectivity index is -0.0000000948. The Bertz CT molecular complexity index is 2600. The third kappa shape index (κ3) is 105. The predicted octanol–water partition coefficient (Wildman–Crippen LogP) is 25.0. The highest BCUT2D eigenvalue weighted by Gasteiger charge is 1.87. The SMILES string of the molecule is CC.CC.CC.CC.CC.CC.CC.CC.CC.CC.CC.CC1=CCN=C1.Cc1cc(C)sn1.Cc1ccccn1.Cc1cccnc1.Cc1ccncc1.Cc1ccncn1.Cc1cnccn1.Cc1cnco1.Cc1cnsc1.Cc1cocn1.Cc1ncccn1.Cc1ncco1. The van der Waals surface area contributed by atoms with Crippen molar-refractivity contribution in [2.45, 2.75) is 242 Å². The van der Waals surface area contributed by atoms with Gasteiger partial charge in [0.05, 0.1) is 36.0 Å². The van der Waals surface area contributed by atoms with Gasteiger partial charge in [-0.15, -0.1) is 0 Å². The van der Waals surface area contributed by atoms with E-state index in [2.05, 4.69) is 104 Å². The first-order chi connectivity index (χ1) is 49.1. The lowest BCUT2D eigenvalue weighted by Crippen LogP contribution is -1.80. The van der Waals surface area contributed by atoms with E-state index in [4.69, 9.17) is 8.83 Å². The third-order valence-corrected chi connectivity index (χ3v) is 9.86. The zero-order valence-corrected chi connectivity index (χ0v) is 71.1. The summed E-state index contributed by atoms with van der Waals surface area (Å²) in [5.41, 5.74) is 10.1. The molecule has 20 heteroatoms. The second-order valence-electron chi connectivity index (χ2n) is 16.0. The molecule has 0 saturated carbocycles. The average Bonchev–Trinajstić information content (AvgIpc) is 2.21. The lowest BCUT2D eigenvalue weighted by atomic mass is 10.3. The maximum Gasteiger partial charge on any atom is 0.190 e. The minimum absolute atomic E-state index is 0.718. The molecular formula is C81H139N15O3S2. The smallest absolute Gasteiger partial charge is 0.190 e. The molecule has 0 saturated heterocycles. The monoisotopic (exact) mass is 1430 g/mol. The van der Waals surface area contributed by atoms with Gasteiger partial charge in [-0.2, -0.15) is 4.37 Å². The van der Waals surface area contributed by atoms with Crippen LogP contribution in [0, 0.1) is 83.1 Å². The zero-order valence-electron chi connectivity index (χ0n) is 69.4. The van der Waals surface area contributed by atoms with E-state index in [9.17, 15) is 0 Å².